The minimum atomic E-state index is -0.197. The van der Waals surface area contributed by atoms with Crippen molar-refractivity contribution in [2.75, 3.05) is 38.1 Å². The van der Waals surface area contributed by atoms with Crippen LogP contribution in [0.25, 0.3) is 0 Å². The molecule has 0 radical (unpaired) electrons. The van der Waals surface area contributed by atoms with Crippen molar-refractivity contribution in [3.63, 3.8) is 0 Å². The number of piperazine rings is 1. The van der Waals surface area contributed by atoms with Gasteiger partial charge in [-0.15, -0.1) is 0 Å². The van der Waals surface area contributed by atoms with E-state index in [4.69, 9.17) is 9.47 Å². The predicted molar refractivity (Wildman–Crippen MR) is 150 cm³/mol. The number of anilines is 1. The Morgan fingerprint density at radius 3 is 1.63 bits per heavy atom. The molecule has 0 bridgehead atoms. The van der Waals surface area contributed by atoms with Crippen LogP contribution in [0.15, 0.2) is 48.5 Å². The zero-order chi connectivity index (χ0) is 26.5. The fourth-order valence-electron chi connectivity index (χ4n) is 6.15. The van der Waals surface area contributed by atoms with Crippen LogP contribution in [0.3, 0.4) is 0 Å². The maximum Gasteiger partial charge on any atom is 0.314 e. The van der Waals surface area contributed by atoms with E-state index < -0.39 is 0 Å². The minimum absolute atomic E-state index is 0.165. The highest BCUT2D eigenvalue weighted by molar-refractivity contribution is 5.78. The van der Waals surface area contributed by atoms with Crippen LogP contribution >= 0.6 is 0 Å². The number of likely N-dealkylation sites (N-methyl/N-ethyl adjacent to an activating group) is 1. The van der Waals surface area contributed by atoms with Crippen LogP contribution in [-0.2, 0) is 9.59 Å². The molecule has 6 nitrogen and oxygen atoms in total. The van der Waals surface area contributed by atoms with Gasteiger partial charge >= 0.3 is 11.9 Å². The normalized spacial score (nSPS) is 26.5. The average molecular weight is 519 g/mol. The third-order valence-electron chi connectivity index (χ3n) is 8.90. The molecule has 2 aromatic carbocycles. The summed E-state index contributed by atoms with van der Waals surface area (Å²) in [6.45, 7) is 6.46. The summed E-state index contributed by atoms with van der Waals surface area (Å²) >= 11 is 0. The highest BCUT2D eigenvalue weighted by Gasteiger charge is 2.32. The van der Waals surface area contributed by atoms with Crippen molar-refractivity contribution < 1.29 is 19.1 Å². The maximum absolute atomic E-state index is 12.8. The van der Waals surface area contributed by atoms with E-state index in [-0.39, 0.29) is 23.8 Å². The second-order valence-corrected chi connectivity index (χ2v) is 11.7. The number of ether oxygens (including phenoxy) is 2. The van der Waals surface area contributed by atoms with Crippen molar-refractivity contribution in [1.82, 2.24) is 4.90 Å². The molecule has 38 heavy (non-hydrogen) atoms. The van der Waals surface area contributed by atoms with Crippen LogP contribution in [0.5, 0.6) is 11.5 Å². The second-order valence-electron chi connectivity index (χ2n) is 11.7. The zero-order valence-electron chi connectivity index (χ0n) is 22.9. The highest BCUT2D eigenvalue weighted by Crippen LogP contribution is 2.36. The van der Waals surface area contributed by atoms with E-state index in [1.807, 2.05) is 36.4 Å². The largest absolute Gasteiger partial charge is 0.426 e. The molecule has 0 unspecified atom stereocenters. The van der Waals surface area contributed by atoms with Gasteiger partial charge in [0, 0.05) is 31.9 Å². The van der Waals surface area contributed by atoms with E-state index in [1.54, 1.807) is 0 Å². The van der Waals surface area contributed by atoms with Crippen molar-refractivity contribution in [2.45, 2.75) is 64.2 Å². The van der Waals surface area contributed by atoms with Gasteiger partial charge in [-0.2, -0.15) is 0 Å². The van der Waals surface area contributed by atoms with Crippen molar-refractivity contribution in [2.24, 2.45) is 17.8 Å². The first-order valence-electron chi connectivity index (χ1n) is 14.5. The van der Waals surface area contributed by atoms with E-state index in [1.165, 1.54) is 31.2 Å². The van der Waals surface area contributed by atoms with Gasteiger partial charge in [-0.05, 0) is 99.4 Å². The summed E-state index contributed by atoms with van der Waals surface area (Å²) in [6.07, 6.45) is 7.68. The lowest BCUT2D eigenvalue weighted by atomic mass is 9.79. The quantitative estimate of drug-likeness (QED) is 0.343. The molecule has 1 saturated heterocycles. The lowest BCUT2D eigenvalue weighted by Crippen LogP contribution is -2.44. The number of hydrogen-bond donors (Lipinski definition) is 0. The number of carbonyl (C=O) groups is 2. The van der Waals surface area contributed by atoms with Gasteiger partial charge in [0.15, 0.2) is 0 Å². The Bertz CT molecular complexity index is 972. The van der Waals surface area contributed by atoms with Gasteiger partial charge in [-0.1, -0.05) is 31.9 Å². The molecule has 0 amide bonds. The number of rotatable bonds is 6. The highest BCUT2D eigenvalue weighted by atomic mass is 16.5. The topological polar surface area (TPSA) is 59.1 Å². The molecule has 2 aromatic rings. The van der Waals surface area contributed by atoms with Crippen molar-refractivity contribution in [3.05, 3.63) is 54.1 Å². The zero-order valence-corrected chi connectivity index (χ0v) is 22.9. The molecular weight excluding hydrogens is 476 g/mol. The number of esters is 2. The molecule has 2 aliphatic carbocycles. The lowest BCUT2D eigenvalue weighted by Gasteiger charge is -2.34. The van der Waals surface area contributed by atoms with Gasteiger partial charge < -0.3 is 19.3 Å². The Balaban J connectivity index is 1.05. The van der Waals surface area contributed by atoms with Gasteiger partial charge in [0.2, 0.25) is 0 Å². The van der Waals surface area contributed by atoms with Gasteiger partial charge in [0.1, 0.15) is 11.5 Å². The first kappa shape index (κ1) is 26.7. The van der Waals surface area contributed by atoms with Crippen molar-refractivity contribution >= 4 is 17.6 Å². The standard InChI is InChI=1S/C32H42N2O4/c1-23-3-5-24(6-4-23)25-11-15-29(16-12-25)37-31(35)26-7-9-27(10-8-26)32(36)38-30-17-13-28(14-18-30)34-21-19-33(2)20-22-34/h11-18,23-24,26-27H,3-10,19-22H2,1-2H3. The number of carbonyl (C=O) groups excluding carboxylic acids is 2. The lowest BCUT2D eigenvalue weighted by molar-refractivity contribution is -0.145. The SMILES string of the molecule is CC1CCC(c2ccc(OC(=O)C3CCC(C(=O)Oc4ccc(N5CCN(C)CC5)cc4)CC3)cc2)CC1. The van der Waals surface area contributed by atoms with Gasteiger partial charge in [0.25, 0.3) is 0 Å². The molecule has 0 N–H and O–H groups in total. The summed E-state index contributed by atoms with van der Waals surface area (Å²) in [5, 5.41) is 0. The number of hydrogen-bond acceptors (Lipinski definition) is 6. The van der Waals surface area contributed by atoms with E-state index >= 15 is 0 Å². The van der Waals surface area contributed by atoms with E-state index in [0.717, 1.165) is 37.8 Å². The predicted octanol–water partition coefficient (Wildman–Crippen LogP) is 6.05. The van der Waals surface area contributed by atoms with Crippen molar-refractivity contribution in [3.8, 4) is 11.5 Å². The molecule has 6 heteroatoms. The van der Waals surface area contributed by atoms with Crippen molar-refractivity contribution in [1.29, 1.82) is 0 Å². The molecule has 204 valence electrons. The third-order valence-corrected chi connectivity index (χ3v) is 8.90. The number of nitrogens with zero attached hydrogens (tertiary/aromatic N) is 2. The Labute approximate surface area is 227 Å². The Kier molecular flexibility index (Phi) is 8.68. The molecule has 0 spiro atoms. The molecule has 3 fully saturated rings. The first-order valence-corrected chi connectivity index (χ1v) is 14.5. The van der Waals surface area contributed by atoms with Crippen LogP contribution < -0.4 is 14.4 Å². The summed E-state index contributed by atoms with van der Waals surface area (Å²) in [5.74, 6) is 1.94. The fourth-order valence-corrected chi connectivity index (χ4v) is 6.15. The molecular formula is C32H42N2O4. The van der Waals surface area contributed by atoms with Gasteiger partial charge in [0.05, 0.1) is 11.8 Å². The molecule has 3 aliphatic rings. The van der Waals surface area contributed by atoms with Gasteiger partial charge in [-0.25, -0.2) is 0 Å². The smallest absolute Gasteiger partial charge is 0.314 e. The molecule has 1 heterocycles. The summed E-state index contributed by atoms with van der Waals surface area (Å²) < 4.78 is 11.4. The first-order chi connectivity index (χ1) is 18.4. The second kappa shape index (κ2) is 12.3. The molecule has 1 aliphatic heterocycles. The monoisotopic (exact) mass is 518 g/mol. The van der Waals surface area contributed by atoms with E-state index in [9.17, 15) is 9.59 Å². The Morgan fingerprint density at radius 2 is 1.13 bits per heavy atom. The summed E-state index contributed by atoms with van der Waals surface area (Å²) in [5.41, 5.74) is 2.51. The van der Waals surface area contributed by atoms with E-state index in [2.05, 4.69) is 35.9 Å². The molecule has 0 aromatic heterocycles. The molecule has 0 atom stereocenters. The molecule has 5 rings (SSSR count). The van der Waals surface area contributed by atoms with Crippen LogP contribution in [0, 0.1) is 17.8 Å². The van der Waals surface area contributed by atoms with Crippen LogP contribution in [0.2, 0.25) is 0 Å². The van der Waals surface area contributed by atoms with Crippen LogP contribution in [0.1, 0.15) is 69.8 Å². The van der Waals surface area contributed by atoms with Crippen LogP contribution in [0.4, 0.5) is 5.69 Å². The third kappa shape index (κ3) is 6.76. The molecule has 2 saturated carbocycles. The maximum atomic E-state index is 12.8. The number of benzene rings is 2. The van der Waals surface area contributed by atoms with Gasteiger partial charge in [-0.3, -0.25) is 9.59 Å². The fraction of sp³-hybridized carbons (Fsp3) is 0.562. The summed E-state index contributed by atoms with van der Waals surface area (Å²) in [6, 6.07) is 15.9. The summed E-state index contributed by atoms with van der Waals surface area (Å²) in [4.78, 5) is 30.3. The summed E-state index contributed by atoms with van der Waals surface area (Å²) in [7, 11) is 2.15. The average Bonchev–Trinajstić information content (AvgIpc) is 2.95. The van der Waals surface area contributed by atoms with E-state index in [0.29, 0.717) is 43.1 Å². The minimum Gasteiger partial charge on any atom is -0.426 e. The Hall–Kier alpha value is -2.86. The van der Waals surface area contributed by atoms with Crippen LogP contribution in [-0.4, -0.2) is 50.1 Å². The Morgan fingerprint density at radius 1 is 0.658 bits per heavy atom.